The van der Waals surface area contributed by atoms with Crippen LogP contribution in [0.4, 0.5) is 4.79 Å². The highest BCUT2D eigenvalue weighted by Crippen LogP contribution is 2.41. The van der Waals surface area contributed by atoms with Crippen LogP contribution in [0.1, 0.15) is 18.4 Å². The molecule has 1 aromatic rings. The van der Waals surface area contributed by atoms with E-state index < -0.39 is 0 Å². The number of amides is 2. The highest BCUT2D eigenvalue weighted by Gasteiger charge is 2.40. The maximum atomic E-state index is 12.2. The molecular weight excluding hydrogens is 300 g/mol. The average molecular weight is 322 g/mol. The van der Waals surface area contributed by atoms with Gasteiger partial charge in [0.1, 0.15) is 10.7 Å². The number of piperidine rings is 1. The third-order valence-electron chi connectivity index (χ3n) is 4.23. The van der Waals surface area contributed by atoms with Gasteiger partial charge in [-0.05, 0) is 17.7 Å². The largest absolute Gasteiger partial charge is 0.497 e. The summed E-state index contributed by atoms with van der Waals surface area (Å²) in [5.41, 5.74) is 1.07. The molecular formula is C16H22N2O3S. The zero-order valence-corrected chi connectivity index (χ0v) is 13.7. The number of likely N-dealkylation sites (tertiary alicyclic amines) is 1. The first-order chi connectivity index (χ1) is 10.7. The Labute approximate surface area is 135 Å². The number of carbonyl (C=O) groups is 1. The van der Waals surface area contributed by atoms with Crippen molar-refractivity contribution in [1.82, 2.24) is 10.2 Å². The summed E-state index contributed by atoms with van der Waals surface area (Å²) < 4.78 is 11.0. The van der Waals surface area contributed by atoms with Crippen molar-refractivity contribution in [2.45, 2.75) is 24.3 Å². The van der Waals surface area contributed by atoms with E-state index in [1.54, 1.807) is 7.11 Å². The van der Waals surface area contributed by atoms with E-state index in [1.165, 1.54) is 0 Å². The number of hydrogen-bond donors (Lipinski definition) is 1. The minimum Gasteiger partial charge on any atom is -0.497 e. The smallest absolute Gasteiger partial charge is 0.317 e. The van der Waals surface area contributed by atoms with Gasteiger partial charge in [-0.2, -0.15) is 0 Å². The molecule has 1 aromatic carbocycles. The number of methoxy groups -OCH3 is 1. The van der Waals surface area contributed by atoms with E-state index in [1.807, 2.05) is 40.9 Å². The van der Waals surface area contributed by atoms with E-state index in [0.717, 1.165) is 49.6 Å². The standard InChI is InChI=1S/C16H22N2O3S/c1-20-14-4-2-13(3-5-14)12-17-15(19)18-8-6-16(7-9-18)21-10-11-22-16/h2-5H,6-12H2,1H3,(H,17,19). The molecule has 2 saturated heterocycles. The van der Waals surface area contributed by atoms with Crippen molar-refractivity contribution in [2.75, 3.05) is 32.6 Å². The van der Waals surface area contributed by atoms with E-state index in [2.05, 4.69) is 5.32 Å². The molecule has 0 saturated carbocycles. The number of hydrogen-bond acceptors (Lipinski definition) is 4. The molecule has 3 rings (SSSR count). The highest BCUT2D eigenvalue weighted by molar-refractivity contribution is 8.00. The summed E-state index contributed by atoms with van der Waals surface area (Å²) >= 11 is 1.90. The Balaban J connectivity index is 1.46. The third kappa shape index (κ3) is 3.50. The second-order valence-corrected chi connectivity index (χ2v) is 7.04. The number of ether oxygens (including phenoxy) is 2. The summed E-state index contributed by atoms with van der Waals surface area (Å²) in [5.74, 6) is 1.90. The number of urea groups is 1. The van der Waals surface area contributed by atoms with E-state index in [4.69, 9.17) is 9.47 Å². The number of nitrogens with one attached hydrogen (secondary N) is 1. The maximum absolute atomic E-state index is 12.2. The molecule has 0 aromatic heterocycles. The van der Waals surface area contributed by atoms with Crippen LogP contribution in [0.3, 0.4) is 0 Å². The Kier molecular flexibility index (Phi) is 4.78. The van der Waals surface area contributed by atoms with Gasteiger partial charge in [0.2, 0.25) is 0 Å². The normalized spacial score (nSPS) is 20.1. The fourth-order valence-corrected chi connectivity index (χ4v) is 4.05. The summed E-state index contributed by atoms with van der Waals surface area (Å²) in [5, 5.41) is 2.98. The molecule has 2 aliphatic rings. The molecule has 6 heteroatoms. The van der Waals surface area contributed by atoms with Gasteiger partial charge in [0.05, 0.1) is 13.7 Å². The summed E-state index contributed by atoms with van der Waals surface area (Å²) in [4.78, 5) is 14.1. The van der Waals surface area contributed by atoms with Crippen LogP contribution in [-0.4, -0.2) is 48.4 Å². The SMILES string of the molecule is COc1ccc(CNC(=O)N2CCC3(CC2)OCCS3)cc1. The van der Waals surface area contributed by atoms with Gasteiger partial charge in [-0.15, -0.1) is 11.8 Å². The van der Waals surface area contributed by atoms with Crippen molar-refractivity contribution in [2.24, 2.45) is 0 Å². The fourth-order valence-electron chi connectivity index (χ4n) is 2.87. The second-order valence-electron chi connectivity index (χ2n) is 5.60. The Hall–Kier alpha value is -1.40. The van der Waals surface area contributed by atoms with Crippen molar-refractivity contribution >= 4 is 17.8 Å². The van der Waals surface area contributed by atoms with Crippen LogP contribution in [-0.2, 0) is 11.3 Å². The van der Waals surface area contributed by atoms with Crippen LogP contribution in [0.2, 0.25) is 0 Å². The number of benzene rings is 1. The summed E-state index contributed by atoms with van der Waals surface area (Å²) in [6.07, 6.45) is 1.85. The molecule has 1 spiro atoms. The lowest BCUT2D eigenvalue weighted by molar-refractivity contribution is 0.00942. The van der Waals surface area contributed by atoms with Gasteiger partial charge in [-0.1, -0.05) is 12.1 Å². The molecule has 5 nitrogen and oxygen atoms in total. The molecule has 0 bridgehead atoms. The molecule has 120 valence electrons. The summed E-state index contributed by atoms with van der Waals surface area (Å²) in [6, 6.07) is 7.75. The number of nitrogens with zero attached hydrogens (tertiary/aromatic N) is 1. The van der Waals surface area contributed by atoms with Crippen LogP contribution in [0.15, 0.2) is 24.3 Å². The lowest BCUT2D eigenvalue weighted by atomic mass is 10.1. The zero-order valence-electron chi connectivity index (χ0n) is 12.8. The Morgan fingerprint density at radius 3 is 2.68 bits per heavy atom. The molecule has 2 amide bonds. The van der Waals surface area contributed by atoms with Gasteiger partial charge < -0.3 is 19.7 Å². The van der Waals surface area contributed by atoms with E-state index >= 15 is 0 Å². The fraction of sp³-hybridized carbons (Fsp3) is 0.562. The van der Waals surface area contributed by atoms with Crippen molar-refractivity contribution in [3.05, 3.63) is 29.8 Å². The van der Waals surface area contributed by atoms with Gasteiger partial charge in [0, 0.05) is 38.2 Å². The number of thioether (sulfide) groups is 1. The van der Waals surface area contributed by atoms with E-state index in [9.17, 15) is 4.79 Å². The Morgan fingerprint density at radius 2 is 2.09 bits per heavy atom. The molecule has 0 atom stereocenters. The zero-order chi connectivity index (χ0) is 15.4. The molecule has 0 aliphatic carbocycles. The van der Waals surface area contributed by atoms with Crippen LogP contribution in [0.5, 0.6) is 5.75 Å². The molecule has 0 unspecified atom stereocenters. The first-order valence-electron chi connectivity index (χ1n) is 7.64. The number of rotatable bonds is 3. The molecule has 2 aliphatic heterocycles. The van der Waals surface area contributed by atoms with Crippen LogP contribution in [0.25, 0.3) is 0 Å². The van der Waals surface area contributed by atoms with Crippen molar-refractivity contribution in [1.29, 1.82) is 0 Å². The predicted molar refractivity (Wildman–Crippen MR) is 87.2 cm³/mol. The monoisotopic (exact) mass is 322 g/mol. The first-order valence-corrected chi connectivity index (χ1v) is 8.63. The quantitative estimate of drug-likeness (QED) is 0.929. The van der Waals surface area contributed by atoms with Crippen molar-refractivity contribution in [3.8, 4) is 5.75 Å². The first kappa shape index (κ1) is 15.5. The van der Waals surface area contributed by atoms with Gasteiger partial charge in [-0.25, -0.2) is 4.79 Å². The Morgan fingerprint density at radius 1 is 1.36 bits per heavy atom. The van der Waals surface area contributed by atoms with Crippen LogP contribution >= 0.6 is 11.8 Å². The third-order valence-corrected chi connectivity index (χ3v) is 5.65. The Bertz CT molecular complexity index is 505. The minimum absolute atomic E-state index is 0.00802. The predicted octanol–water partition coefficient (Wildman–Crippen LogP) is 2.46. The van der Waals surface area contributed by atoms with Crippen LogP contribution < -0.4 is 10.1 Å². The van der Waals surface area contributed by atoms with Crippen molar-refractivity contribution < 1.29 is 14.3 Å². The van der Waals surface area contributed by atoms with Crippen LogP contribution in [0, 0.1) is 0 Å². The summed E-state index contributed by atoms with van der Waals surface area (Å²) in [7, 11) is 1.65. The molecule has 22 heavy (non-hydrogen) atoms. The van der Waals surface area contributed by atoms with Crippen molar-refractivity contribution in [3.63, 3.8) is 0 Å². The van der Waals surface area contributed by atoms with Gasteiger partial charge in [0.15, 0.2) is 0 Å². The molecule has 2 fully saturated rings. The highest BCUT2D eigenvalue weighted by atomic mass is 32.2. The van der Waals surface area contributed by atoms with E-state index in [0.29, 0.717) is 6.54 Å². The molecule has 0 radical (unpaired) electrons. The minimum atomic E-state index is -0.0211. The lowest BCUT2D eigenvalue weighted by Crippen LogP contribution is -2.48. The summed E-state index contributed by atoms with van der Waals surface area (Å²) in [6.45, 7) is 2.91. The van der Waals surface area contributed by atoms with Gasteiger partial charge in [-0.3, -0.25) is 0 Å². The molecule has 2 heterocycles. The lowest BCUT2D eigenvalue weighted by Gasteiger charge is -2.37. The number of carbonyl (C=O) groups excluding carboxylic acids is 1. The van der Waals surface area contributed by atoms with E-state index in [-0.39, 0.29) is 11.0 Å². The average Bonchev–Trinajstić information content (AvgIpc) is 3.02. The van der Waals surface area contributed by atoms with Gasteiger partial charge in [0.25, 0.3) is 0 Å². The van der Waals surface area contributed by atoms with Gasteiger partial charge >= 0.3 is 6.03 Å². The molecule has 1 N–H and O–H groups in total. The second kappa shape index (κ2) is 6.79. The maximum Gasteiger partial charge on any atom is 0.317 e. The topological polar surface area (TPSA) is 50.8 Å².